The molecule has 0 N–H and O–H groups in total. The summed E-state index contributed by atoms with van der Waals surface area (Å²) in [5.74, 6) is -5.64. The molecule has 0 saturated heterocycles. The van der Waals surface area contributed by atoms with Crippen molar-refractivity contribution < 1.29 is 26.0 Å². The third kappa shape index (κ3) is 5.02. The van der Waals surface area contributed by atoms with Gasteiger partial charge in [0.15, 0.2) is 0 Å². The Labute approximate surface area is 84.8 Å². The van der Waals surface area contributed by atoms with Crippen LogP contribution in [0.25, 0.3) is 0 Å². The minimum absolute atomic E-state index is 1.21. The number of hydrogen-bond donors (Lipinski definition) is 0. The van der Waals surface area contributed by atoms with E-state index in [9.17, 15) is 26.0 Å². The summed E-state index contributed by atoms with van der Waals surface area (Å²) in [5, 5.41) is 0. The Morgan fingerprint density at radius 2 is 1.62 bits per heavy atom. The molecular formula is C4H4BrClF4O2S. The summed E-state index contributed by atoms with van der Waals surface area (Å²) in [4.78, 5) is -4.43. The summed E-state index contributed by atoms with van der Waals surface area (Å²) in [5.41, 5.74) is 0. The number of halogens is 6. The van der Waals surface area contributed by atoms with Crippen LogP contribution >= 0.6 is 26.6 Å². The Balaban J connectivity index is 4.38. The van der Waals surface area contributed by atoms with Gasteiger partial charge in [0.25, 0.3) is 0 Å². The molecule has 0 bridgehead atoms. The van der Waals surface area contributed by atoms with Gasteiger partial charge in [0, 0.05) is 17.1 Å². The minimum atomic E-state index is -4.44. The van der Waals surface area contributed by atoms with Crippen molar-refractivity contribution in [3.05, 3.63) is 0 Å². The molecule has 0 fully saturated rings. The standard InChI is InChI=1S/C4H4BrClF4O2S/c5-4(9,10)3(7,8)1-2-13(6,11)12/h1-2H2. The van der Waals surface area contributed by atoms with E-state index < -0.39 is 32.0 Å². The van der Waals surface area contributed by atoms with Gasteiger partial charge in [-0.1, -0.05) is 0 Å². The van der Waals surface area contributed by atoms with E-state index >= 15 is 0 Å². The van der Waals surface area contributed by atoms with Crippen LogP contribution in [0.3, 0.4) is 0 Å². The van der Waals surface area contributed by atoms with E-state index in [-0.39, 0.29) is 0 Å². The van der Waals surface area contributed by atoms with Crippen LogP contribution in [0.1, 0.15) is 6.42 Å². The number of hydrogen-bond acceptors (Lipinski definition) is 2. The van der Waals surface area contributed by atoms with Crippen molar-refractivity contribution in [3.8, 4) is 0 Å². The number of rotatable bonds is 4. The predicted octanol–water partition coefficient (Wildman–Crippen LogP) is 2.57. The van der Waals surface area contributed by atoms with Crippen LogP contribution in [0.15, 0.2) is 0 Å². The molecule has 0 atom stereocenters. The van der Waals surface area contributed by atoms with E-state index in [1.54, 1.807) is 0 Å². The maximum atomic E-state index is 12.3. The smallest absolute Gasteiger partial charge is 0.212 e. The molecule has 0 heterocycles. The molecule has 0 aromatic heterocycles. The van der Waals surface area contributed by atoms with Gasteiger partial charge in [0.2, 0.25) is 9.05 Å². The molecule has 0 unspecified atom stereocenters. The average molecular weight is 307 g/mol. The summed E-state index contributed by atoms with van der Waals surface area (Å²) < 4.78 is 69.0. The van der Waals surface area contributed by atoms with E-state index in [0.29, 0.717) is 0 Å². The van der Waals surface area contributed by atoms with Crippen molar-refractivity contribution in [2.45, 2.75) is 17.2 Å². The van der Waals surface area contributed by atoms with Crippen LogP contribution in [-0.4, -0.2) is 24.9 Å². The molecule has 0 aromatic rings. The SMILES string of the molecule is O=S(=O)(Cl)CCC(F)(F)C(F)(F)Br. The highest BCUT2D eigenvalue weighted by Crippen LogP contribution is 2.41. The lowest BCUT2D eigenvalue weighted by atomic mass is 10.3. The van der Waals surface area contributed by atoms with Crippen LogP contribution in [0.5, 0.6) is 0 Å². The third-order valence-corrected chi connectivity index (χ3v) is 2.81. The van der Waals surface area contributed by atoms with E-state index in [4.69, 9.17) is 0 Å². The van der Waals surface area contributed by atoms with Gasteiger partial charge in [0.1, 0.15) is 0 Å². The predicted molar refractivity (Wildman–Crippen MR) is 43.1 cm³/mol. The Morgan fingerprint density at radius 3 is 1.85 bits per heavy atom. The highest BCUT2D eigenvalue weighted by molar-refractivity contribution is 9.10. The minimum Gasteiger partial charge on any atom is -0.212 e. The van der Waals surface area contributed by atoms with Crippen molar-refractivity contribution in [1.82, 2.24) is 0 Å². The third-order valence-electron chi connectivity index (χ3n) is 1.07. The Hall–Kier alpha value is 0.440. The van der Waals surface area contributed by atoms with Gasteiger partial charge in [-0.3, -0.25) is 0 Å². The first-order valence-corrected chi connectivity index (χ1v) is 6.10. The van der Waals surface area contributed by atoms with Crippen LogP contribution in [0, 0.1) is 0 Å². The van der Waals surface area contributed by atoms with Gasteiger partial charge < -0.3 is 0 Å². The molecule has 13 heavy (non-hydrogen) atoms. The lowest BCUT2D eigenvalue weighted by Crippen LogP contribution is -2.36. The molecule has 9 heteroatoms. The molecule has 0 aliphatic rings. The summed E-state index contributed by atoms with van der Waals surface area (Å²) >= 11 is 1.45. The molecule has 0 aliphatic heterocycles. The van der Waals surface area contributed by atoms with Crippen LogP contribution < -0.4 is 0 Å². The fraction of sp³-hybridized carbons (Fsp3) is 1.00. The largest absolute Gasteiger partial charge is 0.363 e. The molecule has 80 valence electrons. The van der Waals surface area contributed by atoms with Gasteiger partial charge in [-0.15, -0.1) is 0 Å². The second-order valence-electron chi connectivity index (χ2n) is 2.20. The zero-order chi connectivity index (χ0) is 10.9. The van der Waals surface area contributed by atoms with Crippen molar-refractivity contribution in [1.29, 1.82) is 0 Å². The van der Waals surface area contributed by atoms with Gasteiger partial charge in [0.05, 0.1) is 5.75 Å². The lowest BCUT2D eigenvalue weighted by Gasteiger charge is -2.20. The summed E-state index contributed by atoms with van der Waals surface area (Å²) in [6.07, 6.45) is -1.53. The zero-order valence-corrected chi connectivity index (χ0v) is 9.07. The Morgan fingerprint density at radius 1 is 1.23 bits per heavy atom. The van der Waals surface area contributed by atoms with Gasteiger partial charge in [-0.05, 0) is 15.9 Å². The molecule has 0 radical (unpaired) electrons. The van der Waals surface area contributed by atoms with E-state index in [2.05, 4.69) is 10.7 Å². The number of alkyl halides is 5. The van der Waals surface area contributed by atoms with Gasteiger partial charge in [-0.2, -0.15) is 17.6 Å². The lowest BCUT2D eigenvalue weighted by molar-refractivity contribution is -0.147. The van der Waals surface area contributed by atoms with Gasteiger partial charge >= 0.3 is 10.8 Å². The van der Waals surface area contributed by atoms with Crippen molar-refractivity contribution in [3.63, 3.8) is 0 Å². The van der Waals surface area contributed by atoms with Crippen molar-refractivity contribution in [2.24, 2.45) is 0 Å². The van der Waals surface area contributed by atoms with Crippen molar-refractivity contribution in [2.75, 3.05) is 5.75 Å². The molecule has 0 saturated carbocycles. The van der Waals surface area contributed by atoms with Crippen LogP contribution in [0.4, 0.5) is 17.6 Å². The maximum Gasteiger partial charge on any atom is 0.363 e. The van der Waals surface area contributed by atoms with E-state index in [1.165, 1.54) is 15.9 Å². The molecule has 0 spiro atoms. The maximum absolute atomic E-state index is 12.3. The Bertz CT molecular complexity index is 272. The summed E-state index contributed by atoms with van der Waals surface area (Å²) in [7, 11) is 0.388. The first-order chi connectivity index (χ1) is 5.46. The van der Waals surface area contributed by atoms with Crippen LogP contribution in [0.2, 0.25) is 0 Å². The molecule has 0 rings (SSSR count). The molecule has 2 nitrogen and oxygen atoms in total. The highest BCUT2D eigenvalue weighted by atomic mass is 79.9. The van der Waals surface area contributed by atoms with E-state index in [1.807, 2.05) is 0 Å². The first-order valence-electron chi connectivity index (χ1n) is 2.82. The van der Waals surface area contributed by atoms with E-state index in [0.717, 1.165) is 0 Å². The fourth-order valence-corrected chi connectivity index (χ4v) is 1.32. The average Bonchev–Trinajstić information content (AvgIpc) is 1.79. The van der Waals surface area contributed by atoms with Crippen molar-refractivity contribution >= 4 is 35.7 Å². The normalized spacial score (nSPS) is 14.6. The first kappa shape index (κ1) is 13.4. The molecular weight excluding hydrogens is 303 g/mol. The highest BCUT2D eigenvalue weighted by Gasteiger charge is 2.54. The van der Waals surface area contributed by atoms with Crippen LogP contribution in [-0.2, 0) is 9.05 Å². The fourth-order valence-electron chi connectivity index (χ4n) is 0.392. The zero-order valence-electron chi connectivity index (χ0n) is 5.91. The molecule has 0 aliphatic carbocycles. The second kappa shape index (κ2) is 3.90. The summed E-state index contributed by atoms with van der Waals surface area (Å²) in [6, 6.07) is 0. The Kier molecular flexibility index (Phi) is 4.03. The monoisotopic (exact) mass is 306 g/mol. The topological polar surface area (TPSA) is 34.1 Å². The van der Waals surface area contributed by atoms with Gasteiger partial charge in [-0.25, -0.2) is 8.42 Å². The molecule has 0 aromatic carbocycles. The second-order valence-corrected chi connectivity index (χ2v) is 6.09. The molecule has 0 amide bonds. The quantitative estimate of drug-likeness (QED) is 0.454. The summed E-state index contributed by atoms with van der Waals surface area (Å²) in [6.45, 7) is 0.